The molecule has 0 unspecified atom stereocenters. The lowest BCUT2D eigenvalue weighted by molar-refractivity contribution is 0.361. The Bertz CT molecular complexity index is 2970. The minimum absolute atomic E-state index is 0.466. The Morgan fingerprint density at radius 2 is 0.966 bits per heavy atom. The average Bonchev–Trinajstić information content (AvgIpc) is 3.77. The Kier molecular flexibility index (Phi) is 7.27. The standard InChI is InChI=1S/C55H37NO2/c1-3-18-36(19-4-1)38-22-10-15-30-47(38)56(48-31-16-11-23-39(48)37-20-5-2-6-21-37)49-32-17-33-50-53(49)57-51-35-34-46-52(54(51)58-50)42-26-9-14-29-45(42)55(46)43-27-12-7-24-40(43)41-25-8-13-28-44(41)55/h1-15,17-30,32-35H,16,31H2. The second-order valence-electron chi connectivity index (χ2n) is 15.4. The van der Waals surface area contributed by atoms with Gasteiger partial charge in [-0.2, -0.15) is 0 Å². The Morgan fingerprint density at radius 3 is 1.69 bits per heavy atom. The maximum absolute atomic E-state index is 7.21. The van der Waals surface area contributed by atoms with Crippen molar-refractivity contribution in [2.24, 2.45) is 0 Å². The van der Waals surface area contributed by atoms with Crippen molar-refractivity contribution in [1.82, 2.24) is 0 Å². The molecular weight excluding hydrogens is 707 g/mol. The molecule has 0 fully saturated rings. The van der Waals surface area contributed by atoms with Crippen molar-refractivity contribution in [3.05, 3.63) is 234 Å². The number of hydrogen-bond acceptors (Lipinski definition) is 3. The van der Waals surface area contributed by atoms with Crippen LogP contribution < -0.4 is 14.4 Å². The van der Waals surface area contributed by atoms with Gasteiger partial charge in [-0.3, -0.25) is 0 Å². The Balaban J connectivity index is 1.07. The lowest BCUT2D eigenvalue weighted by atomic mass is 9.70. The van der Waals surface area contributed by atoms with Gasteiger partial charge in [0.15, 0.2) is 23.0 Å². The number of anilines is 2. The van der Waals surface area contributed by atoms with E-state index < -0.39 is 5.41 Å². The summed E-state index contributed by atoms with van der Waals surface area (Å²) in [6, 6.07) is 67.5. The third-order valence-corrected chi connectivity index (χ3v) is 12.4. The van der Waals surface area contributed by atoms with E-state index in [2.05, 4.69) is 199 Å². The van der Waals surface area contributed by atoms with Gasteiger partial charge in [0.2, 0.25) is 0 Å². The molecule has 0 aromatic heterocycles. The SMILES string of the molecule is C1=CC(c2ccccc2)=C(N(c2ccccc2-c2ccccc2)c2cccc3c2Oc2ccc4c(c2O3)-c2ccccc2C42c3ccccc3-c3ccccc32)CC1. The van der Waals surface area contributed by atoms with Crippen LogP contribution in [0, 0.1) is 0 Å². The van der Waals surface area contributed by atoms with Gasteiger partial charge in [-0.15, -0.1) is 0 Å². The van der Waals surface area contributed by atoms with Gasteiger partial charge in [-0.1, -0.05) is 176 Å². The quantitative estimate of drug-likeness (QED) is 0.175. The van der Waals surface area contributed by atoms with Crippen LogP contribution in [0.25, 0.3) is 39.0 Å². The fourth-order valence-electron chi connectivity index (χ4n) is 10.1. The number of allylic oxidation sites excluding steroid dienone is 4. The number of hydrogen-bond donors (Lipinski definition) is 0. The maximum Gasteiger partial charge on any atom is 0.194 e. The molecular formula is C55H37NO2. The minimum Gasteiger partial charge on any atom is -0.449 e. The molecule has 1 heterocycles. The Morgan fingerprint density at radius 1 is 0.414 bits per heavy atom. The summed E-state index contributed by atoms with van der Waals surface area (Å²) in [7, 11) is 0. The van der Waals surface area contributed by atoms with Crippen molar-refractivity contribution in [2.45, 2.75) is 18.3 Å². The molecule has 3 heteroatoms. The second kappa shape index (κ2) is 12.8. The number of ether oxygens (including phenoxy) is 2. The smallest absolute Gasteiger partial charge is 0.194 e. The Hall–Kier alpha value is -7.36. The lowest BCUT2D eigenvalue weighted by Gasteiger charge is -2.35. The van der Waals surface area contributed by atoms with Crippen LogP contribution in [0.15, 0.2) is 206 Å². The third kappa shape index (κ3) is 4.62. The molecule has 0 amide bonds. The molecule has 0 N–H and O–H groups in total. The minimum atomic E-state index is -0.466. The zero-order chi connectivity index (χ0) is 38.2. The highest BCUT2D eigenvalue weighted by Gasteiger charge is 2.53. The summed E-state index contributed by atoms with van der Waals surface area (Å²) >= 11 is 0. The van der Waals surface area contributed by atoms with E-state index in [1.54, 1.807) is 0 Å². The zero-order valence-electron chi connectivity index (χ0n) is 31.7. The Labute approximate surface area is 338 Å². The van der Waals surface area contributed by atoms with E-state index in [0.717, 1.165) is 46.7 Å². The van der Waals surface area contributed by atoms with Crippen molar-refractivity contribution < 1.29 is 9.47 Å². The van der Waals surface area contributed by atoms with Gasteiger partial charge in [0.05, 0.1) is 16.8 Å². The molecule has 1 aliphatic heterocycles. The highest BCUT2D eigenvalue weighted by Crippen LogP contribution is 2.67. The van der Waals surface area contributed by atoms with Crippen LogP contribution in [0.4, 0.5) is 11.4 Å². The molecule has 0 radical (unpaired) electrons. The fourth-order valence-corrected chi connectivity index (χ4v) is 10.1. The van der Waals surface area contributed by atoms with Crippen molar-refractivity contribution in [2.75, 3.05) is 4.90 Å². The molecule has 8 aromatic rings. The molecule has 58 heavy (non-hydrogen) atoms. The number of nitrogens with zero attached hydrogens (tertiary/aromatic N) is 1. The molecule has 4 aliphatic rings. The van der Waals surface area contributed by atoms with Crippen molar-refractivity contribution >= 4 is 16.9 Å². The number of rotatable bonds is 5. The second-order valence-corrected chi connectivity index (χ2v) is 15.4. The molecule has 0 atom stereocenters. The first-order valence-electron chi connectivity index (χ1n) is 20.2. The van der Waals surface area contributed by atoms with Gasteiger partial charge in [-0.05, 0) is 87.2 Å². The first kappa shape index (κ1) is 32.8. The van der Waals surface area contributed by atoms with Crippen LogP contribution in [0.3, 0.4) is 0 Å². The zero-order valence-corrected chi connectivity index (χ0v) is 31.7. The first-order chi connectivity index (χ1) is 28.8. The third-order valence-electron chi connectivity index (χ3n) is 12.4. The molecule has 0 saturated heterocycles. The summed E-state index contributed by atoms with van der Waals surface area (Å²) in [6.45, 7) is 0. The van der Waals surface area contributed by atoms with Crippen molar-refractivity contribution in [3.63, 3.8) is 0 Å². The lowest BCUT2D eigenvalue weighted by Crippen LogP contribution is -2.25. The van der Waals surface area contributed by atoms with E-state index >= 15 is 0 Å². The molecule has 8 aromatic carbocycles. The number of benzene rings is 8. The van der Waals surface area contributed by atoms with Gasteiger partial charge in [-0.25, -0.2) is 0 Å². The summed E-state index contributed by atoms with van der Waals surface area (Å²) < 4.78 is 14.4. The molecule has 12 rings (SSSR count). The predicted octanol–water partition coefficient (Wildman–Crippen LogP) is 14.5. The average molecular weight is 744 g/mol. The predicted molar refractivity (Wildman–Crippen MR) is 235 cm³/mol. The normalized spacial score (nSPS) is 14.7. The van der Waals surface area contributed by atoms with E-state index in [4.69, 9.17) is 9.47 Å². The summed E-state index contributed by atoms with van der Waals surface area (Å²) in [5.41, 5.74) is 17.4. The summed E-state index contributed by atoms with van der Waals surface area (Å²) in [5, 5.41) is 0. The summed E-state index contributed by atoms with van der Waals surface area (Å²) in [6.07, 6.45) is 6.37. The first-order valence-corrected chi connectivity index (χ1v) is 20.2. The van der Waals surface area contributed by atoms with Crippen LogP contribution in [-0.2, 0) is 5.41 Å². The molecule has 1 spiro atoms. The van der Waals surface area contributed by atoms with E-state index in [1.165, 1.54) is 55.8 Å². The molecule has 0 saturated carbocycles. The van der Waals surface area contributed by atoms with Crippen LogP contribution >= 0.6 is 0 Å². The summed E-state index contributed by atoms with van der Waals surface area (Å²) in [5.74, 6) is 2.86. The molecule has 3 aliphatic carbocycles. The van der Waals surface area contributed by atoms with Gasteiger partial charge in [0.25, 0.3) is 0 Å². The fraction of sp³-hybridized carbons (Fsp3) is 0.0545. The van der Waals surface area contributed by atoms with Crippen LogP contribution in [-0.4, -0.2) is 0 Å². The molecule has 3 nitrogen and oxygen atoms in total. The van der Waals surface area contributed by atoms with Gasteiger partial charge < -0.3 is 14.4 Å². The summed E-state index contributed by atoms with van der Waals surface area (Å²) in [4.78, 5) is 2.42. The highest BCUT2D eigenvalue weighted by atomic mass is 16.6. The van der Waals surface area contributed by atoms with Crippen molar-refractivity contribution in [1.29, 1.82) is 0 Å². The largest absolute Gasteiger partial charge is 0.449 e. The monoisotopic (exact) mass is 743 g/mol. The van der Waals surface area contributed by atoms with Gasteiger partial charge in [0, 0.05) is 22.4 Å². The molecule has 274 valence electrons. The topological polar surface area (TPSA) is 21.7 Å². The van der Waals surface area contributed by atoms with Crippen molar-refractivity contribution in [3.8, 4) is 56.4 Å². The van der Waals surface area contributed by atoms with Gasteiger partial charge >= 0.3 is 0 Å². The van der Waals surface area contributed by atoms with E-state index in [0.29, 0.717) is 17.2 Å². The highest BCUT2D eigenvalue weighted by molar-refractivity contribution is 5.98. The van der Waals surface area contributed by atoms with Gasteiger partial charge in [0.1, 0.15) is 0 Å². The molecule has 0 bridgehead atoms. The van der Waals surface area contributed by atoms with E-state index in [9.17, 15) is 0 Å². The number of fused-ring (bicyclic) bond motifs is 13. The number of para-hydroxylation sites is 2. The van der Waals surface area contributed by atoms with Crippen LogP contribution in [0.2, 0.25) is 0 Å². The van der Waals surface area contributed by atoms with Crippen LogP contribution in [0.5, 0.6) is 23.0 Å². The van der Waals surface area contributed by atoms with E-state index in [-0.39, 0.29) is 0 Å². The van der Waals surface area contributed by atoms with E-state index in [1.807, 2.05) is 6.07 Å². The van der Waals surface area contributed by atoms with Crippen LogP contribution in [0.1, 0.15) is 40.7 Å². The maximum atomic E-state index is 7.21.